The minimum atomic E-state index is -0.191. The molecule has 0 spiro atoms. The van der Waals surface area contributed by atoms with E-state index in [0.717, 1.165) is 5.56 Å². The van der Waals surface area contributed by atoms with Crippen molar-refractivity contribution < 1.29 is 9.13 Å². The molecule has 3 nitrogen and oxygen atoms in total. The Morgan fingerprint density at radius 2 is 2.10 bits per heavy atom. The molecule has 0 radical (unpaired) electrons. The lowest BCUT2D eigenvalue weighted by Gasteiger charge is -2.32. The number of ether oxygens (including phenoxy) is 1. The number of methoxy groups -OCH3 is 1. The Labute approximate surface area is 120 Å². The van der Waals surface area contributed by atoms with Gasteiger partial charge in [0.05, 0.1) is 12.3 Å². The molecule has 1 aliphatic carbocycles. The van der Waals surface area contributed by atoms with Crippen LogP contribution in [0.3, 0.4) is 0 Å². The van der Waals surface area contributed by atoms with E-state index < -0.39 is 0 Å². The molecule has 0 aliphatic heterocycles. The van der Waals surface area contributed by atoms with Crippen molar-refractivity contribution >= 4 is 5.69 Å². The summed E-state index contributed by atoms with van der Waals surface area (Å²) in [6, 6.07) is 5.53. The van der Waals surface area contributed by atoms with Crippen molar-refractivity contribution in [2.75, 3.05) is 25.2 Å². The Bertz CT molecular complexity index is 446. The predicted octanol–water partition coefficient (Wildman–Crippen LogP) is 3.10. The van der Waals surface area contributed by atoms with Crippen molar-refractivity contribution in [3.63, 3.8) is 0 Å². The second-order valence-electron chi connectivity index (χ2n) is 5.76. The summed E-state index contributed by atoms with van der Waals surface area (Å²) in [7, 11) is 1.68. The molecule has 1 aromatic carbocycles. The number of halogens is 1. The molecule has 1 saturated carbocycles. The van der Waals surface area contributed by atoms with Gasteiger partial charge in [0, 0.05) is 25.7 Å². The molecule has 0 bridgehead atoms. The second-order valence-corrected chi connectivity index (χ2v) is 5.76. The molecular formula is C16H25FN2O. The van der Waals surface area contributed by atoms with Crippen molar-refractivity contribution in [2.24, 2.45) is 11.7 Å². The first-order chi connectivity index (χ1) is 9.54. The normalized spacial score (nSPS) is 17.9. The summed E-state index contributed by atoms with van der Waals surface area (Å²) in [5, 5.41) is 0. The van der Waals surface area contributed by atoms with Gasteiger partial charge >= 0.3 is 0 Å². The number of hydrogen-bond donors (Lipinski definition) is 1. The van der Waals surface area contributed by atoms with Gasteiger partial charge in [-0.2, -0.15) is 0 Å². The maximum atomic E-state index is 14.4. The summed E-state index contributed by atoms with van der Waals surface area (Å²) < 4.78 is 19.6. The number of benzene rings is 1. The lowest BCUT2D eigenvalue weighted by Crippen LogP contribution is -2.38. The van der Waals surface area contributed by atoms with Gasteiger partial charge in [0.2, 0.25) is 0 Å². The molecule has 2 rings (SSSR count). The number of rotatable bonds is 7. The fourth-order valence-electron chi connectivity index (χ4n) is 2.61. The van der Waals surface area contributed by atoms with E-state index in [0.29, 0.717) is 30.8 Å². The third-order valence-corrected chi connectivity index (χ3v) is 4.14. The van der Waals surface area contributed by atoms with Gasteiger partial charge < -0.3 is 15.4 Å². The van der Waals surface area contributed by atoms with Crippen LogP contribution in [0.25, 0.3) is 0 Å². The fraction of sp³-hybridized carbons (Fsp3) is 0.625. The van der Waals surface area contributed by atoms with E-state index in [4.69, 9.17) is 10.5 Å². The molecule has 1 unspecified atom stereocenters. The van der Waals surface area contributed by atoms with Gasteiger partial charge in [-0.25, -0.2) is 4.39 Å². The molecule has 20 heavy (non-hydrogen) atoms. The van der Waals surface area contributed by atoms with E-state index in [-0.39, 0.29) is 11.9 Å². The summed E-state index contributed by atoms with van der Waals surface area (Å²) in [5.41, 5.74) is 7.30. The highest BCUT2D eigenvalue weighted by molar-refractivity contribution is 5.50. The summed E-state index contributed by atoms with van der Waals surface area (Å²) in [6.45, 7) is 5.35. The quantitative estimate of drug-likeness (QED) is 0.834. The zero-order valence-corrected chi connectivity index (χ0v) is 12.6. The second kappa shape index (κ2) is 6.55. The highest BCUT2D eigenvalue weighted by Crippen LogP contribution is 2.37. The van der Waals surface area contributed by atoms with E-state index in [1.165, 1.54) is 12.8 Å². The van der Waals surface area contributed by atoms with Crippen molar-refractivity contribution in [3.05, 3.63) is 29.6 Å². The molecular weight excluding hydrogens is 255 g/mol. The molecule has 0 aromatic heterocycles. The molecule has 2 N–H and O–H groups in total. The van der Waals surface area contributed by atoms with Crippen LogP contribution in [0.15, 0.2) is 18.2 Å². The van der Waals surface area contributed by atoms with Crippen LogP contribution in [0.1, 0.15) is 38.3 Å². The van der Waals surface area contributed by atoms with E-state index >= 15 is 0 Å². The van der Waals surface area contributed by atoms with E-state index in [9.17, 15) is 4.39 Å². The Morgan fingerprint density at radius 3 is 2.60 bits per heavy atom. The van der Waals surface area contributed by atoms with Gasteiger partial charge in [0.1, 0.15) is 5.82 Å². The third-order valence-electron chi connectivity index (χ3n) is 4.14. The van der Waals surface area contributed by atoms with Crippen LogP contribution in [0, 0.1) is 11.7 Å². The van der Waals surface area contributed by atoms with Gasteiger partial charge in [0.15, 0.2) is 0 Å². The fourth-order valence-corrected chi connectivity index (χ4v) is 2.61. The number of hydrogen-bond acceptors (Lipinski definition) is 3. The highest BCUT2D eigenvalue weighted by atomic mass is 19.1. The van der Waals surface area contributed by atoms with Gasteiger partial charge in [-0.05, 0) is 50.3 Å². The summed E-state index contributed by atoms with van der Waals surface area (Å²) in [5.74, 6) is 0.489. The van der Waals surface area contributed by atoms with E-state index in [2.05, 4.69) is 11.8 Å². The Hall–Kier alpha value is -1.13. The van der Waals surface area contributed by atoms with Crippen LogP contribution >= 0.6 is 0 Å². The van der Waals surface area contributed by atoms with Crippen LogP contribution in [-0.4, -0.2) is 26.3 Å². The van der Waals surface area contributed by atoms with Crippen LogP contribution in [-0.2, 0) is 4.74 Å². The minimum absolute atomic E-state index is 0.146. The molecule has 4 heteroatoms. The van der Waals surface area contributed by atoms with Gasteiger partial charge in [0.25, 0.3) is 0 Å². The van der Waals surface area contributed by atoms with Crippen molar-refractivity contribution in [1.82, 2.24) is 0 Å². The molecule has 0 saturated heterocycles. The smallest absolute Gasteiger partial charge is 0.146 e. The molecule has 0 heterocycles. The molecule has 0 amide bonds. The van der Waals surface area contributed by atoms with Gasteiger partial charge in [-0.3, -0.25) is 0 Å². The maximum Gasteiger partial charge on any atom is 0.146 e. The highest BCUT2D eigenvalue weighted by Gasteiger charge is 2.33. The predicted molar refractivity (Wildman–Crippen MR) is 80.4 cm³/mol. The Morgan fingerprint density at radius 1 is 1.40 bits per heavy atom. The van der Waals surface area contributed by atoms with Crippen LogP contribution in [0.2, 0.25) is 0 Å². The topological polar surface area (TPSA) is 38.5 Å². The standard InChI is InChI=1S/C16H25FN2O/c1-11(18)14-6-7-16(15(17)10-14)19(8-9-20-3)12(2)13-4-5-13/h6-7,10-13H,4-5,8-9,18H2,1-3H3/t11-,12?/m0/s1. The average Bonchev–Trinajstić information content (AvgIpc) is 3.24. The Kier molecular flexibility index (Phi) is 5.00. The first-order valence-corrected chi connectivity index (χ1v) is 7.35. The number of nitrogens with two attached hydrogens (primary N) is 1. The van der Waals surface area contributed by atoms with E-state index in [1.54, 1.807) is 13.2 Å². The third kappa shape index (κ3) is 3.49. The zero-order valence-electron chi connectivity index (χ0n) is 12.6. The maximum absolute atomic E-state index is 14.4. The molecule has 1 fully saturated rings. The first-order valence-electron chi connectivity index (χ1n) is 7.35. The number of anilines is 1. The molecule has 1 aliphatic rings. The summed E-state index contributed by atoms with van der Waals surface area (Å²) in [4.78, 5) is 2.13. The minimum Gasteiger partial charge on any atom is -0.383 e. The lowest BCUT2D eigenvalue weighted by molar-refractivity contribution is 0.202. The average molecular weight is 280 g/mol. The number of nitrogens with zero attached hydrogens (tertiary/aromatic N) is 1. The van der Waals surface area contributed by atoms with Crippen molar-refractivity contribution in [1.29, 1.82) is 0 Å². The molecule has 2 atom stereocenters. The van der Waals surface area contributed by atoms with Crippen LogP contribution < -0.4 is 10.6 Å². The summed E-state index contributed by atoms with van der Waals surface area (Å²) >= 11 is 0. The molecule has 112 valence electrons. The zero-order chi connectivity index (χ0) is 14.7. The monoisotopic (exact) mass is 280 g/mol. The summed E-state index contributed by atoms with van der Waals surface area (Å²) in [6.07, 6.45) is 2.48. The van der Waals surface area contributed by atoms with Crippen molar-refractivity contribution in [3.8, 4) is 0 Å². The Balaban J connectivity index is 2.22. The van der Waals surface area contributed by atoms with Gasteiger partial charge in [-0.1, -0.05) is 6.07 Å². The van der Waals surface area contributed by atoms with Crippen LogP contribution in [0.4, 0.5) is 10.1 Å². The van der Waals surface area contributed by atoms with Crippen molar-refractivity contribution in [2.45, 2.75) is 38.8 Å². The first kappa shape index (κ1) is 15.3. The van der Waals surface area contributed by atoms with E-state index in [1.807, 2.05) is 19.1 Å². The largest absolute Gasteiger partial charge is 0.383 e. The molecule has 1 aromatic rings. The lowest BCUT2D eigenvalue weighted by atomic mass is 10.1. The SMILES string of the molecule is COCCN(c1ccc([C@H](C)N)cc1F)C(C)C1CC1. The van der Waals surface area contributed by atoms with Crippen LogP contribution in [0.5, 0.6) is 0 Å². The van der Waals surface area contributed by atoms with Gasteiger partial charge in [-0.15, -0.1) is 0 Å².